The number of hydrogen-bond acceptors (Lipinski definition) is 3. The van der Waals surface area contributed by atoms with E-state index < -0.39 is 5.41 Å². The molecule has 0 bridgehead atoms. The number of aliphatic imine (C=N–C) groups is 1. The van der Waals surface area contributed by atoms with Gasteiger partial charge in [-0.15, -0.1) is 0 Å². The molecule has 1 heterocycles. The first-order valence-corrected chi connectivity index (χ1v) is 20.4. The number of benzene rings is 9. The topological polar surface area (TPSA) is 36.4 Å². The Labute approximate surface area is 345 Å². The van der Waals surface area contributed by atoms with Crippen molar-refractivity contribution < 1.29 is 0 Å². The van der Waals surface area contributed by atoms with Crippen LogP contribution in [0.5, 0.6) is 0 Å². The molecule has 0 aromatic heterocycles. The average Bonchev–Trinajstić information content (AvgIpc) is 3.64. The van der Waals surface area contributed by atoms with Crippen LogP contribution in [-0.4, -0.2) is 5.84 Å². The maximum Gasteiger partial charge on any atom is 0.131 e. The molecule has 0 spiro atoms. The second kappa shape index (κ2) is 14.6. The summed E-state index contributed by atoms with van der Waals surface area (Å²) in [7, 11) is 0. The van der Waals surface area contributed by atoms with E-state index in [9.17, 15) is 0 Å². The first-order chi connectivity index (χ1) is 29.3. The van der Waals surface area contributed by atoms with Gasteiger partial charge in [0.15, 0.2) is 0 Å². The number of nitrogens with one attached hydrogen (secondary N) is 2. The Bertz CT molecular complexity index is 2970. The fourth-order valence-electron chi connectivity index (χ4n) is 9.56. The minimum Gasteiger partial charge on any atom is -0.350 e. The van der Waals surface area contributed by atoms with Gasteiger partial charge in [0.1, 0.15) is 18.2 Å². The fraction of sp³-hybridized carbons (Fsp3) is 0.0536. The second-order valence-corrected chi connectivity index (χ2v) is 15.5. The van der Waals surface area contributed by atoms with Gasteiger partial charge in [-0.05, 0) is 77.5 Å². The number of fused-ring (bicyclic) bond motifs is 5. The SMILES string of the molecule is c1ccc(C2=NC(c3ccccc3-c3ccc(-c4ccc(C5(c6ccccc6)c6ccccc6-c6c5ccc5ccccc65)cc4)cc3)NC(c3ccccc3)N2)cc1. The van der Waals surface area contributed by atoms with Crippen LogP contribution in [0.3, 0.4) is 0 Å². The van der Waals surface area contributed by atoms with E-state index in [2.05, 4.69) is 229 Å². The molecule has 3 unspecified atom stereocenters. The van der Waals surface area contributed by atoms with Crippen LogP contribution >= 0.6 is 0 Å². The normalized spacial score (nSPS) is 18.1. The Balaban J connectivity index is 0.958. The van der Waals surface area contributed by atoms with E-state index in [0.717, 1.165) is 28.1 Å². The highest BCUT2D eigenvalue weighted by Gasteiger charge is 2.46. The molecule has 1 aliphatic carbocycles. The number of hydrogen-bond donors (Lipinski definition) is 2. The van der Waals surface area contributed by atoms with Gasteiger partial charge < -0.3 is 5.32 Å². The molecule has 0 fully saturated rings. The van der Waals surface area contributed by atoms with E-state index in [1.165, 1.54) is 60.8 Å². The third kappa shape index (κ3) is 5.90. The predicted molar refractivity (Wildman–Crippen MR) is 243 cm³/mol. The van der Waals surface area contributed by atoms with Gasteiger partial charge in [0, 0.05) is 5.56 Å². The lowest BCUT2D eigenvalue weighted by molar-refractivity contribution is 0.409. The van der Waals surface area contributed by atoms with E-state index >= 15 is 0 Å². The van der Waals surface area contributed by atoms with E-state index in [-0.39, 0.29) is 12.3 Å². The van der Waals surface area contributed by atoms with Crippen molar-refractivity contribution in [3.8, 4) is 33.4 Å². The molecular weight excluding hydrogens is 715 g/mol. The summed E-state index contributed by atoms with van der Waals surface area (Å²) in [5, 5.41) is 10.0. The van der Waals surface area contributed by atoms with Crippen LogP contribution in [0.25, 0.3) is 44.2 Å². The van der Waals surface area contributed by atoms with Gasteiger partial charge in [-0.1, -0.05) is 224 Å². The van der Waals surface area contributed by atoms with E-state index in [1.807, 2.05) is 6.07 Å². The molecule has 0 saturated heterocycles. The summed E-state index contributed by atoms with van der Waals surface area (Å²) in [6.45, 7) is 0. The molecule has 3 nitrogen and oxygen atoms in total. The van der Waals surface area contributed by atoms with E-state index in [1.54, 1.807) is 0 Å². The first-order valence-electron chi connectivity index (χ1n) is 20.4. The van der Waals surface area contributed by atoms with Crippen molar-refractivity contribution in [2.75, 3.05) is 0 Å². The van der Waals surface area contributed by atoms with Gasteiger partial charge in [0.2, 0.25) is 0 Å². The van der Waals surface area contributed by atoms with Gasteiger partial charge in [0.05, 0.1) is 5.41 Å². The summed E-state index contributed by atoms with van der Waals surface area (Å²) in [4.78, 5) is 5.26. The summed E-state index contributed by atoms with van der Waals surface area (Å²) in [5.41, 5.74) is 15.4. The Morgan fingerprint density at radius 2 is 0.983 bits per heavy atom. The molecule has 2 aliphatic rings. The Kier molecular flexibility index (Phi) is 8.61. The summed E-state index contributed by atoms with van der Waals surface area (Å²) < 4.78 is 0. The minimum atomic E-state index is -0.450. The van der Waals surface area contributed by atoms with Crippen molar-refractivity contribution in [2.45, 2.75) is 17.7 Å². The molecule has 59 heavy (non-hydrogen) atoms. The fourth-order valence-corrected chi connectivity index (χ4v) is 9.56. The monoisotopic (exact) mass is 755 g/mol. The highest BCUT2D eigenvalue weighted by atomic mass is 15.3. The van der Waals surface area contributed by atoms with Crippen LogP contribution in [0.4, 0.5) is 0 Å². The molecule has 0 amide bonds. The standard InChI is InChI=1S/C56H41N3/c1-4-17-42(18-5-1)53-57-54(43-19-6-2-7-20-43)59-55(58-53)48-25-13-12-23-46(48)41-30-28-38(29-31-41)39-32-35-45(36-33-39)56(44-21-8-3-9-22-44)50-27-15-14-26-49(50)52-47-24-11-10-16-40(47)34-37-51(52)56/h1-37,53,55,58H,(H,57,59). The Morgan fingerprint density at radius 3 is 1.75 bits per heavy atom. The summed E-state index contributed by atoms with van der Waals surface area (Å²) >= 11 is 0. The number of rotatable bonds is 7. The lowest BCUT2D eigenvalue weighted by atomic mass is 9.67. The highest BCUT2D eigenvalue weighted by molar-refractivity contribution is 6.04. The van der Waals surface area contributed by atoms with Crippen LogP contribution in [0.1, 0.15) is 51.3 Å². The van der Waals surface area contributed by atoms with Crippen molar-refractivity contribution in [2.24, 2.45) is 4.99 Å². The van der Waals surface area contributed by atoms with E-state index in [4.69, 9.17) is 4.99 Å². The van der Waals surface area contributed by atoms with Gasteiger partial charge >= 0.3 is 0 Å². The molecule has 0 saturated carbocycles. The quantitative estimate of drug-likeness (QED) is 0.170. The first kappa shape index (κ1) is 34.9. The molecule has 1 aliphatic heterocycles. The smallest absolute Gasteiger partial charge is 0.131 e. The predicted octanol–water partition coefficient (Wildman–Crippen LogP) is 12.9. The lowest BCUT2D eigenvalue weighted by Crippen LogP contribution is -2.45. The van der Waals surface area contributed by atoms with Gasteiger partial charge in [0.25, 0.3) is 0 Å². The van der Waals surface area contributed by atoms with E-state index in [0.29, 0.717) is 0 Å². The zero-order valence-electron chi connectivity index (χ0n) is 32.5. The number of amidine groups is 1. The highest BCUT2D eigenvalue weighted by Crippen LogP contribution is 2.57. The second-order valence-electron chi connectivity index (χ2n) is 15.5. The molecule has 3 atom stereocenters. The molecule has 280 valence electrons. The van der Waals surface area contributed by atoms with Crippen LogP contribution in [-0.2, 0) is 5.41 Å². The maximum absolute atomic E-state index is 5.26. The third-order valence-electron chi connectivity index (χ3n) is 12.3. The zero-order valence-corrected chi connectivity index (χ0v) is 32.5. The van der Waals surface area contributed by atoms with Crippen molar-refractivity contribution in [3.05, 3.63) is 263 Å². The number of nitrogens with zero attached hydrogens (tertiary/aromatic N) is 1. The van der Waals surface area contributed by atoms with Crippen molar-refractivity contribution >= 4 is 16.6 Å². The maximum atomic E-state index is 5.26. The van der Waals surface area contributed by atoms with Crippen molar-refractivity contribution in [1.82, 2.24) is 10.6 Å². The molecule has 0 radical (unpaired) electrons. The summed E-state index contributed by atoms with van der Waals surface area (Å²) in [6.07, 6.45) is -0.347. The Morgan fingerprint density at radius 1 is 0.407 bits per heavy atom. The molecule has 9 aromatic carbocycles. The molecule has 9 aromatic rings. The van der Waals surface area contributed by atoms with Gasteiger partial charge in [-0.3, -0.25) is 5.32 Å². The van der Waals surface area contributed by atoms with Crippen LogP contribution < -0.4 is 10.6 Å². The summed E-state index contributed by atoms with van der Waals surface area (Å²) in [6, 6.07) is 81.4. The molecule has 2 N–H and O–H groups in total. The minimum absolute atomic E-state index is 0.0983. The van der Waals surface area contributed by atoms with Crippen molar-refractivity contribution in [3.63, 3.8) is 0 Å². The van der Waals surface area contributed by atoms with Gasteiger partial charge in [-0.25, -0.2) is 4.99 Å². The van der Waals surface area contributed by atoms with Crippen molar-refractivity contribution in [1.29, 1.82) is 0 Å². The lowest BCUT2D eigenvalue weighted by Gasteiger charge is -2.34. The molecule has 11 rings (SSSR count). The summed E-state index contributed by atoms with van der Waals surface area (Å²) in [5.74, 6) is 0.878. The molecule has 3 heteroatoms. The Hall–Kier alpha value is -7.33. The average molecular weight is 756 g/mol. The third-order valence-corrected chi connectivity index (χ3v) is 12.3. The van der Waals surface area contributed by atoms with Crippen LogP contribution in [0.2, 0.25) is 0 Å². The van der Waals surface area contributed by atoms with Crippen LogP contribution in [0.15, 0.2) is 229 Å². The van der Waals surface area contributed by atoms with Gasteiger partial charge in [-0.2, -0.15) is 0 Å². The molecular formula is C56H41N3. The van der Waals surface area contributed by atoms with Crippen LogP contribution in [0, 0.1) is 0 Å². The largest absolute Gasteiger partial charge is 0.350 e. The zero-order chi connectivity index (χ0) is 39.2.